The minimum absolute atomic E-state index is 0.00643. The Balaban J connectivity index is 1.50. The van der Waals surface area contributed by atoms with E-state index in [2.05, 4.69) is 33.0 Å². The van der Waals surface area contributed by atoms with Gasteiger partial charge in [0.1, 0.15) is 0 Å². The number of aliphatic carboxylic acids is 1. The minimum Gasteiger partial charge on any atom is -0.480 e. The van der Waals surface area contributed by atoms with Crippen molar-refractivity contribution in [3.05, 3.63) is 0 Å². The summed E-state index contributed by atoms with van der Waals surface area (Å²) in [5, 5.41) is 45.3. The first-order valence-corrected chi connectivity index (χ1v) is 13.5. The Morgan fingerprint density at radius 1 is 1.03 bits per heavy atom. The van der Waals surface area contributed by atoms with Gasteiger partial charge in [-0.3, -0.25) is 4.79 Å². The summed E-state index contributed by atoms with van der Waals surface area (Å²) < 4.78 is 0. The van der Waals surface area contributed by atoms with E-state index in [1.165, 1.54) is 0 Å². The van der Waals surface area contributed by atoms with Gasteiger partial charge in [0.2, 0.25) is 0 Å². The molecule has 0 aromatic carbocycles. The maximum absolute atomic E-state index is 11.7. The van der Waals surface area contributed by atoms with Crippen LogP contribution in [0.25, 0.3) is 0 Å². The average Bonchev–Trinajstić information content (AvgIpc) is 3.09. The smallest absolute Gasteiger partial charge is 0.317 e. The lowest BCUT2D eigenvalue weighted by Gasteiger charge is -2.65. The zero-order valence-electron chi connectivity index (χ0n) is 21.0. The van der Waals surface area contributed by atoms with Gasteiger partial charge in [0.05, 0.1) is 24.9 Å². The molecule has 6 heteroatoms. The molecule has 0 heterocycles. The highest BCUT2D eigenvalue weighted by Crippen LogP contribution is 2.69. The predicted molar refractivity (Wildman–Crippen MR) is 127 cm³/mol. The SMILES string of the molecule is CC1C[C@@H](O)C[C@H]2C[C@@H](O)[C@@H]3[C@H](C[C@H](O)[C@]4(C)[C@@H]([C@H](C)CCCNCC(=O)O)CC[C@@H]34)[C@@]12C. The lowest BCUT2D eigenvalue weighted by molar-refractivity contribution is -0.220. The molecule has 4 fully saturated rings. The maximum atomic E-state index is 11.7. The van der Waals surface area contributed by atoms with E-state index in [-0.39, 0.29) is 41.6 Å². The van der Waals surface area contributed by atoms with E-state index in [4.69, 9.17) is 5.11 Å². The molecule has 4 rings (SSSR count). The summed E-state index contributed by atoms with van der Waals surface area (Å²) in [6.07, 6.45) is 6.37. The van der Waals surface area contributed by atoms with Gasteiger partial charge in [-0.05, 0) is 110 Å². The Hall–Kier alpha value is -0.690. The highest BCUT2D eigenvalue weighted by molar-refractivity contribution is 5.68. The molecule has 6 nitrogen and oxygen atoms in total. The average molecular weight is 466 g/mol. The van der Waals surface area contributed by atoms with Crippen LogP contribution in [0.15, 0.2) is 0 Å². The van der Waals surface area contributed by atoms with Crippen molar-refractivity contribution in [3.63, 3.8) is 0 Å². The lowest BCUT2D eigenvalue weighted by Crippen LogP contribution is -2.64. The molecule has 33 heavy (non-hydrogen) atoms. The Labute approximate surface area is 199 Å². The van der Waals surface area contributed by atoms with Crippen molar-refractivity contribution >= 4 is 5.97 Å². The topological polar surface area (TPSA) is 110 Å². The summed E-state index contributed by atoms with van der Waals surface area (Å²) in [5.41, 5.74) is -0.0956. The van der Waals surface area contributed by atoms with Crippen molar-refractivity contribution in [1.29, 1.82) is 0 Å². The van der Waals surface area contributed by atoms with Gasteiger partial charge in [-0.25, -0.2) is 0 Å². The number of fused-ring (bicyclic) bond motifs is 5. The second kappa shape index (κ2) is 9.40. The first-order chi connectivity index (χ1) is 15.5. The van der Waals surface area contributed by atoms with Crippen LogP contribution in [-0.2, 0) is 4.79 Å². The van der Waals surface area contributed by atoms with Crippen LogP contribution in [0.4, 0.5) is 0 Å². The summed E-state index contributed by atoms with van der Waals surface area (Å²) >= 11 is 0. The van der Waals surface area contributed by atoms with Gasteiger partial charge < -0.3 is 25.7 Å². The van der Waals surface area contributed by atoms with E-state index in [1.807, 2.05) is 0 Å². The van der Waals surface area contributed by atoms with Crippen molar-refractivity contribution in [2.75, 3.05) is 13.1 Å². The van der Waals surface area contributed by atoms with E-state index >= 15 is 0 Å². The van der Waals surface area contributed by atoms with Crippen LogP contribution in [-0.4, -0.2) is 57.8 Å². The molecule has 0 aromatic heterocycles. The van der Waals surface area contributed by atoms with E-state index in [1.54, 1.807) is 0 Å². The fraction of sp³-hybridized carbons (Fsp3) is 0.963. The Bertz CT molecular complexity index is 717. The van der Waals surface area contributed by atoms with Gasteiger partial charge in [-0.15, -0.1) is 0 Å². The Kier molecular flexibility index (Phi) is 7.24. The van der Waals surface area contributed by atoms with Crippen LogP contribution in [0.2, 0.25) is 0 Å². The van der Waals surface area contributed by atoms with Crippen molar-refractivity contribution in [3.8, 4) is 0 Å². The monoisotopic (exact) mass is 465 g/mol. The van der Waals surface area contributed by atoms with Gasteiger partial charge in [0.15, 0.2) is 0 Å². The number of carboxylic acids is 1. The number of hydrogen-bond acceptors (Lipinski definition) is 5. The third kappa shape index (κ3) is 4.17. The number of carboxylic acid groups (broad SMARTS) is 1. The molecule has 5 N–H and O–H groups in total. The van der Waals surface area contributed by atoms with E-state index < -0.39 is 5.97 Å². The molecule has 0 saturated heterocycles. The molecular formula is C27H47NO5. The molecule has 0 amide bonds. The highest BCUT2D eigenvalue weighted by atomic mass is 16.4. The fourth-order valence-corrected chi connectivity index (χ4v) is 9.55. The second-order valence-corrected chi connectivity index (χ2v) is 12.7. The molecule has 0 bridgehead atoms. The number of aliphatic hydroxyl groups excluding tert-OH is 3. The molecule has 4 aliphatic rings. The summed E-state index contributed by atoms with van der Waals surface area (Å²) in [4.78, 5) is 10.7. The van der Waals surface area contributed by atoms with Crippen molar-refractivity contribution in [2.45, 2.75) is 97.4 Å². The van der Waals surface area contributed by atoms with Crippen LogP contribution in [0.3, 0.4) is 0 Å². The Morgan fingerprint density at radius 2 is 1.76 bits per heavy atom. The Morgan fingerprint density at radius 3 is 2.45 bits per heavy atom. The molecule has 4 saturated carbocycles. The molecule has 190 valence electrons. The number of aliphatic hydroxyl groups is 3. The molecule has 0 aliphatic heterocycles. The molecule has 0 radical (unpaired) electrons. The molecule has 0 spiro atoms. The quantitative estimate of drug-likeness (QED) is 0.369. The standard InChI is InChI=1S/C27H47NO5/c1-15(6-5-9-28-14-24(32)33)19-7-8-20-25-21(13-23(31)27(19,20)4)26(3)16(2)10-18(29)11-17(26)12-22(25)30/h15-23,25,28-31H,5-14H2,1-4H3,(H,32,33)/t15-,16?,17+,18-,19-,20+,21+,22-,23+,25+,26+,27-/m1/s1. The molecule has 4 aliphatic carbocycles. The van der Waals surface area contributed by atoms with Crippen LogP contribution >= 0.6 is 0 Å². The molecule has 1 unspecified atom stereocenters. The highest BCUT2D eigenvalue weighted by Gasteiger charge is 2.66. The first kappa shape index (κ1) is 25.4. The number of hydrogen-bond donors (Lipinski definition) is 5. The zero-order chi connectivity index (χ0) is 24.1. The summed E-state index contributed by atoms with van der Waals surface area (Å²) in [6, 6.07) is 0. The molecular weight excluding hydrogens is 418 g/mol. The zero-order valence-corrected chi connectivity index (χ0v) is 21.0. The number of rotatable bonds is 7. The number of nitrogens with one attached hydrogen (secondary N) is 1. The van der Waals surface area contributed by atoms with E-state index in [9.17, 15) is 20.1 Å². The van der Waals surface area contributed by atoms with Gasteiger partial charge >= 0.3 is 5.97 Å². The van der Waals surface area contributed by atoms with Crippen molar-refractivity contribution in [1.82, 2.24) is 5.32 Å². The summed E-state index contributed by atoms with van der Waals surface area (Å²) in [6.45, 7) is 9.98. The van der Waals surface area contributed by atoms with E-state index in [0.29, 0.717) is 42.1 Å². The fourth-order valence-electron chi connectivity index (χ4n) is 9.55. The number of carbonyl (C=O) groups is 1. The minimum atomic E-state index is -0.821. The predicted octanol–water partition coefficient (Wildman–Crippen LogP) is 3.28. The lowest BCUT2D eigenvalue weighted by atomic mass is 9.41. The second-order valence-electron chi connectivity index (χ2n) is 12.7. The third-order valence-corrected chi connectivity index (χ3v) is 11.4. The van der Waals surface area contributed by atoms with Crippen molar-refractivity contribution < 1.29 is 25.2 Å². The summed E-state index contributed by atoms with van der Waals surface area (Å²) in [7, 11) is 0. The van der Waals surface area contributed by atoms with Gasteiger partial charge in [-0.2, -0.15) is 0 Å². The van der Waals surface area contributed by atoms with Crippen LogP contribution in [0, 0.1) is 52.3 Å². The molecule has 12 atom stereocenters. The van der Waals surface area contributed by atoms with Gasteiger partial charge in [0.25, 0.3) is 0 Å². The molecule has 0 aromatic rings. The summed E-state index contributed by atoms with van der Waals surface area (Å²) in [5.74, 6) is 1.71. The van der Waals surface area contributed by atoms with Gasteiger partial charge in [-0.1, -0.05) is 27.7 Å². The first-order valence-electron chi connectivity index (χ1n) is 13.5. The van der Waals surface area contributed by atoms with Crippen molar-refractivity contribution in [2.24, 2.45) is 52.3 Å². The van der Waals surface area contributed by atoms with Crippen LogP contribution in [0.1, 0.15) is 79.1 Å². The largest absolute Gasteiger partial charge is 0.480 e. The normalized spacial score (nSPS) is 50.2. The van der Waals surface area contributed by atoms with Gasteiger partial charge in [0, 0.05) is 0 Å². The third-order valence-electron chi connectivity index (χ3n) is 11.4. The van der Waals surface area contributed by atoms with Crippen LogP contribution < -0.4 is 5.32 Å². The maximum Gasteiger partial charge on any atom is 0.317 e. The van der Waals surface area contributed by atoms with Crippen LogP contribution in [0.5, 0.6) is 0 Å². The van der Waals surface area contributed by atoms with E-state index in [0.717, 1.165) is 51.4 Å².